The van der Waals surface area contributed by atoms with Crippen LogP contribution in [-0.4, -0.2) is 11.2 Å². The number of unbranched alkanes of at least 4 members (excludes halogenated alkanes) is 2. The molecular formula is C31H22F5N. The smallest absolute Gasteiger partial charge is 0.247 e. The van der Waals surface area contributed by atoms with Crippen molar-refractivity contribution in [2.24, 2.45) is 0 Å². The molecule has 0 bridgehead atoms. The molecule has 1 aromatic heterocycles. The van der Waals surface area contributed by atoms with Crippen molar-refractivity contribution in [1.82, 2.24) is 4.98 Å². The summed E-state index contributed by atoms with van der Waals surface area (Å²) in [5, 5.41) is 0.123. The number of hydrogen-bond acceptors (Lipinski definition) is 1. The highest BCUT2D eigenvalue weighted by Crippen LogP contribution is 2.25. The van der Waals surface area contributed by atoms with Crippen LogP contribution in [0.25, 0.3) is 21.9 Å². The number of benzene rings is 3. The molecule has 1 nitrogen and oxygen atoms in total. The molecule has 0 aliphatic heterocycles. The predicted molar refractivity (Wildman–Crippen MR) is 136 cm³/mol. The first kappa shape index (κ1) is 25.9. The fourth-order valence-electron chi connectivity index (χ4n) is 3.87. The van der Waals surface area contributed by atoms with Crippen LogP contribution in [0.3, 0.4) is 0 Å². The molecule has 0 N–H and O–H groups in total. The van der Waals surface area contributed by atoms with Gasteiger partial charge in [0.2, 0.25) is 0 Å². The first-order valence-corrected chi connectivity index (χ1v) is 11.8. The minimum atomic E-state index is -4.85. The lowest BCUT2D eigenvalue weighted by atomic mass is 10.0. The van der Waals surface area contributed by atoms with Crippen LogP contribution in [0.4, 0.5) is 22.0 Å². The molecule has 37 heavy (non-hydrogen) atoms. The van der Waals surface area contributed by atoms with Gasteiger partial charge in [-0.2, -0.15) is 13.2 Å². The van der Waals surface area contributed by atoms with E-state index in [9.17, 15) is 22.0 Å². The average molecular weight is 504 g/mol. The van der Waals surface area contributed by atoms with E-state index >= 15 is 0 Å². The van der Waals surface area contributed by atoms with E-state index in [1.54, 1.807) is 18.2 Å². The minimum Gasteiger partial charge on any atom is -0.247 e. The van der Waals surface area contributed by atoms with E-state index in [-0.39, 0.29) is 10.8 Å². The van der Waals surface area contributed by atoms with Crippen LogP contribution in [0.15, 0.2) is 66.9 Å². The van der Waals surface area contributed by atoms with E-state index in [0.29, 0.717) is 11.3 Å². The normalized spacial score (nSPS) is 11.0. The predicted octanol–water partition coefficient (Wildman–Crippen LogP) is 8.23. The Morgan fingerprint density at radius 1 is 0.811 bits per heavy atom. The molecule has 0 fully saturated rings. The van der Waals surface area contributed by atoms with Crippen LogP contribution in [0.1, 0.15) is 48.6 Å². The van der Waals surface area contributed by atoms with Crippen molar-refractivity contribution in [2.75, 3.05) is 0 Å². The molecule has 6 heteroatoms. The minimum absolute atomic E-state index is 0.0442. The third-order valence-corrected chi connectivity index (χ3v) is 5.81. The molecule has 0 aliphatic carbocycles. The Hall–Kier alpha value is -4.16. The van der Waals surface area contributed by atoms with Crippen molar-refractivity contribution in [3.8, 4) is 34.8 Å². The second kappa shape index (κ2) is 11.3. The van der Waals surface area contributed by atoms with Crippen LogP contribution in [0.5, 0.6) is 0 Å². The number of hydrogen-bond donors (Lipinski definition) is 0. The number of fused-ring (bicyclic) bond motifs is 1. The van der Waals surface area contributed by atoms with Gasteiger partial charge in [0.05, 0.1) is 5.56 Å². The van der Waals surface area contributed by atoms with Gasteiger partial charge in [-0.15, -0.1) is 0 Å². The van der Waals surface area contributed by atoms with Gasteiger partial charge in [-0.05, 0) is 59.5 Å². The summed E-state index contributed by atoms with van der Waals surface area (Å²) < 4.78 is 65.8. The summed E-state index contributed by atoms with van der Waals surface area (Å²) in [4.78, 5) is 4.39. The molecular weight excluding hydrogens is 481 g/mol. The molecule has 0 saturated heterocycles. The monoisotopic (exact) mass is 503 g/mol. The molecule has 0 saturated carbocycles. The van der Waals surface area contributed by atoms with Gasteiger partial charge in [-0.25, -0.2) is 13.8 Å². The van der Waals surface area contributed by atoms with Gasteiger partial charge >= 0.3 is 6.18 Å². The van der Waals surface area contributed by atoms with Gasteiger partial charge in [0.15, 0.2) is 0 Å². The molecule has 0 aliphatic rings. The van der Waals surface area contributed by atoms with E-state index in [4.69, 9.17) is 0 Å². The Labute approximate surface area is 212 Å². The van der Waals surface area contributed by atoms with Crippen molar-refractivity contribution in [3.63, 3.8) is 0 Å². The molecule has 0 atom stereocenters. The second-order valence-corrected chi connectivity index (χ2v) is 8.57. The summed E-state index contributed by atoms with van der Waals surface area (Å²) in [7, 11) is 0. The molecule has 4 aromatic rings. The Balaban J connectivity index is 1.51. The van der Waals surface area contributed by atoms with Crippen molar-refractivity contribution in [1.29, 1.82) is 0 Å². The van der Waals surface area contributed by atoms with Crippen LogP contribution in [0, 0.1) is 35.3 Å². The van der Waals surface area contributed by atoms with E-state index in [2.05, 4.69) is 48.0 Å². The van der Waals surface area contributed by atoms with Crippen molar-refractivity contribution >= 4 is 10.8 Å². The molecule has 0 unspecified atom stereocenters. The maximum Gasteiger partial charge on any atom is 0.458 e. The number of aromatic nitrogens is 1. The van der Waals surface area contributed by atoms with Gasteiger partial charge in [0.25, 0.3) is 0 Å². The van der Waals surface area contributed by atoms with Gasteiger partial charge in [-0.1, -0.05) is 68.0 Å². The highest BCUT2D eigenvalue weighted by molar-refractivity contribution is 5.86. The maximum atomic E-state index is 14.6. The summed E-state index contributed by atoms with van der Waals surface area (Å²) in [5.41, 5.74) is 3.42. The van der Waals surface area contributed by atoms with Crippen molar-refractivity contribution < 1.29 is 22.0 Å². The van der Waals surface area contributed by atoms with Crippen molar-refractivity contribution in [3.05, 3.63) is 101 Å². The SMILES string of the molecule is CCCCCc1ccc(-c2ccc(C#Cc3ccc4c(F)c(C#CC(F)(F)F)c(F)cc4c3)nc2)cc1. The van der Waals surface area contributed by atoms with Crippen LogP contribution in [-0.2, 0) is 6.42 Å². The molecule has 0 spiro atoms. The maximum absolute atomic E-state index is 14.6. The summed E-state index contributed by atoms with van der Waals surface area (Å²) in [6.45, 7) is 2.19. The van der Waals surface area contributed by atoms with Gasteiger partial charge in [0.1, 0.15) is 17.3 Å². The number of nitrogens with zero attached hydrogens (tertiary/aromatic N) is 1. The third kappa shape index (κ3) is 6.74. The molecule has 186 valence electrons. The fraction of sp³-hybridized carbons (Fsp3) is 0.194. The molecule has 3 aromatic carbocycles. The van der Waals surface area contributed by atoms with Gasteiger partial charge in [0, 0.05) is 28.6 Å². The second-order valence-electron chi connectivity index (χ2n) is 8.57. The Morgan fingerprint density at radius 2 is 1.57 bits per heavy atom. The Kier molecular flexibility index (Phi) is 7.89. The van der Waals surface area contributed by atoms with E-state index in [0.717, 1.165) is 29.5 Å². The topological polar surface area (TPSA) is 12.9 Å². The molecule has 1 heterocycles. The molecule has 0 amide bonds. The number of rotatable bonds is 5. The van der Waals surface area contributed by atoms with Crippen LogP contribution < -0.4 is 0 Å². The number of pyridine rings is 1. The van der Waals surface area contributed by atoms with E-state index < -0.39 is 23.4 Å². The quantitative estimate of drug-likeness (QED) is 0.152. The first-order valence-electron chi connectivity index (χ1n) is 11.8. The lowest BCUT2D eigenvalue weighted by Gasteiger charge is -2.05. The van der Waals surface area contributed by atoms with Crippen LogP contribution >= 0.6 is 0 Å². The molecule has 0 radical (unpaired) electrons. The highest BCUT2D eigenvalue weighted by Gasteiger charge is 2.24. The molecule has 4 rings (SSSR count). The lowest BCUT2D eigenvalue weighted by Crippen LogP contribution is -2.02. The van der Waals surface area contributed by atoms with Crippen molar-refractivity contribution in [2.45, 2.75) is 38.8 Å². The zero-order valence-electron chi connectivity index (χ0n) is 20.0. The fourth-order valence-corrected chi connectivity index (χ4v) is 3.87. The largest absolute Gasteiger partial charge is 0.458 e. The number of halogens is 5. The lowest BCUT2D eigenvalue weighted by molar-refractivity contribution is -0.0696. The summed E-state index contributed by atoms with van der Waals surface area (Å²) >= 11 is 0. The Bertz CT molecular complexity index is 1530. The third-order valence-electron chi connectivity index (χ3n) is 5.81. The standard InChI is InChI=1S/C31H22F5N/c1-2-3-4-5-21-6-10-23(11-7-21)24-12-14-26(37-20-24)13-8-22-9-15-27-25(18-22)19-29(32)28(30(27)33)16-17-31(34,35)36/h6-7,9-12,14-15,18-20H,2-5H2,1H3. The van der Waals surface area contributed by atoms with Gasteiger partial charge in [-0.3, -0.25) is 0 Å². The Morgan fingerprint density at radius 3 is 2.24 bits per heavy atom. The number of aryl methyl sites for hydroxylation is 1. The van der Waals surface area contributed by atoms with E-state index in [1.807, 2.05) is 6.07 Å². The summed E-state index contributed by atoms with van der Waals surface area (Å²) in [6.07, 6.45) is 1.57. The summed E-state index contributed by atoms with van der Waals surface area (Å²) in [5.74, 6) is 5.97. The average Bonchev–Trinajstić information content (AvgIpc) is 2.87. The van der Waals surface area contributed by atoms with Gasteiger partial charge < -0.3 is 0 Å². The van der Waals surface area contributed by atoms with E-state index in [1.165, 1.54) is 43.0 Å². The first-order chi connectivity index (χ1) is 17.7. The zero-order valence-corrected chi connectivity index (χ0v) is 20.0. The highest BCUT2D eigenvalue weighted by atomic mass is 19.4. The summed E-state index contributed by atoms with van der Waals surface area (Å²) in [6, 6.07) is 17.4. The van der Waals surface area contributed by atoms with Crippen LogP contribution in [0.2, 0.25) is 0 Å². The number of alkyl halides is 3. The zero-order chi connectivity index (χ0) is 26.4.